The van der Waals surface area contributed by atoms with E-state index in [2.05, 4.69) is 27.0 Å². The summed E-state index contributed by atoms with van der Waals surface area (Å²) in [6.45, 7) is 0.106. The number of carbonyl (C=O) groups excluding carboxylic acids is 1. The summed E-state index contributed by atoms with van der Waals surface area (Å²) in [6, 6.07) is 7.00. The zero-order valence-corrected chi connectivity index (χ0v) is 21.9. The van der Waals surface area contributed by atoms with Gasteiger partial charge in [-0.05, 0) is 18.2 Å². The summed E-state index contributed by atoms with van der Waals surface area (Å²) in [7, 11) is 4.65. The molecular formula is C28H21F4N7O2. The van der Waals surface area contributed by atoms with E-state index < -0.39 is 29.6 Å². The molecule has 13 heteroatoms. The first-order valence-electron chi connectivity index (χ1n) is 12.3. The van der Waals surface area contributed by atoms with Crippen LogP contribution in [0.2, 0.25) is 0 Å². The van der Waals surface area contributed by atoms with Gasteiger partial charge in [-0.1, -0.05) is 17.9 Å². The highest BCUT2D eigenvalue weighted by Gasteiger charge is 2.37. The molecular weight excluding hydrogens is 542 g/mol. The summed E-state index contributed by atoms with van der Waals surface area (Å²) in [5, 5.41) is 8.78. The van der Waals surface area contributed by atoms with Crippen molar-refractivity contribution in [2.24, 2.45) is 14.1 Å². The van der Waals surface area contributed by atoms with Crippen LogP contribution in [0.1, 0.15) is 38.8 Å². The lowest BCUT2D eigenvalue weighted by molar-refractivity contribution is -0.141. The van der Waals surface area contributed by atoms with Gasteiger partial charge >= 0.3 is 6.18 Å². The van der Waals surface area contributed by atoms with Crippen LogP contribution in [0.4, 0.5) is 23.4 Å². The number of nitrogen functional groups attached to an aromatic ring is 1. The van der Waals surface area contributed by atoms with Gasteiger partial charge in [0.2, 0.25) is 0 Å². The number of amides is 1. The summed E-state index contributed by atoms with van der Waals surface area (Å²) in [5.74, 6) is 4.56. The molecule has 5 aromatic rings. The Morgan fingerprint density at radius 3 is 2.71 bits per heavy atom. The predicted octanol–water partition coefficient (Wildman–Crippen LogP) is 4.20. The molecule has 9 nitrogen and oxygen atoms in total. The molecule has 208 valence electrons. The number of alkyl halides is 3. The van der Waals surface area contributed by atoms with E-state index in [-0.39, 0.29) is 23.6 Å². The van der Waals surface area contributed by atoms with Crippen molar-refractivity contribution in [1.82, 2.24) is 29.4 Å². The lowest BCUT2D eigenvalue weighted by Crippen LogP contribution is -2.32. The van der Waals surface area contributed by atoms with Crippen LogP contribution in [-0.4, -0.2) is 49.0 Å². The molecule has 1 aliphatic heterocycles. The Balaban J connectivity index is 1.30. The molecule has 0 radical (unpaired) electrons. The van der Waals surface area contributed by atoms with E-state index in [1.165, 1.54) is 30.3 Å². The van der Waals surface area contributed by atoms with Gasteiger partial charge in [0, 0.05) is 49.9 Å². The normalized spacial score (nSPS) is 14.6. The minimum atomic E-state index is -4.63. The number of hydrogen-bond donors (Lipinski definition) is 1. The van der Waals surface area contributed by atoms with Crippen molar-refractivity contribution in [3.8, 4) is 17.6 Å². The summed E-state index contributed by atoms with van der Waals surface area (Å²) in [6.07, 6.45) is -1.87. The molecule has 0 bridgehead atoms. The van der Waals surface area contributed by atoms with E-state index >= 15 is 4.39 Å². The van der Waals surface area contributed by atoms with Crippen LogP contribution in [0.25, 0.3) is 21.8 Å². The third-order valence-electron chi connectivity index (χ3n) is 7.02. The maximum Gasteiger partial charge on any atom is 0.436 e. The topological polar surface area (TPSA) is 104 Å². The number of fused-ring (bicyclic) bond motifs is 4. The lowest BCUT2D eigenvalue weighted by atomic mass is 10.0. The first kappa shape index (κ1) is 26.1. The molecule has 6 rings (SSSR count). The summed E-state index contributed by atoms with van der Waals surface area (Å²) in [5.41, 5.74) is 6.56. The monoisotopic (exact) mass is 563 g/mol. The molecule has 0 spiro atoms. The van der Waals surface area contributed by atoms with E-state index in [9.17, 15) is 18.0 Å². The van der Waals surface area contributed by atoms with Gasteiger partial charge < -0.3 is 15.4 Å². The number of aryl methyl sites for hydroxylation is 2. The fourth-order valence-corrected chi connectivity index (χ4v) is 4.99. The van der Waals surface area contributed by atoms with Crippen molar-refractivity contribution in [3.05, 3.63) is 76.5 Å². The number of rotatable bonds is 2. The van der Waals surface area contributed by atoms with E-state index in [0.717, 1.165) is 4.68 Å². The van der Waals surface area contributed by atoms with Crippen LogP contribution >= 0.6 is 0 Å². The zero-order chi connectivity index (χ0) is 29.2. The van der Waals surface area contributed by atoms with E-state index in [1.807, 2.05) is 0 Å². The molecule has 4 heterocycles. The van der Waals surface area contributed by atoms with E-state index in [4.69, 9.17) is 10.5 Å². The maximum atomic E-state index is 15.2. The second-order valence-electron chi connectivity index (χ2n) is 9.68. The molecule has 1 unspecified atom stereocenters. The highest BCUT2D eigenvalue weighted by molar-refractivity contribution is 6.10. The molecule has 0 saturated heterocycles. The van der Waals surface area contributed by atoms with Crippen molar-refractivity contribution in [3.63, 3.8) is 0 Å². The predicted molar refractivity (Wildman–Crippen MR) is 141 cm³/mol. The molecule has 0 fully saturated rings. The van der Waals surface area contributed by atoms with E-state index in [1.54, 1.807) is 43.2 Å². The smallest absolute Gasteiger partial charge is 0.436 e. The number of nitrogens with two attached hydrogens (primary N) is 1. The molecule has 1 amide bonds. The molecule has 0 saturated carbocycles. The number of hydrogen-bond acceptors (Lipinski definition) is 6. The number of anilines is 1. The molecule has 1 atom stereocenters. The van der Waals surface area contributed by atoms with Crippen LogP contribution in [0, 0.1) is 17.7 Å². The SMILES string of the molecule is CN(C(=O)c1cc2c(cc1F)nc(N)c1cnn(C)c12)C1COc2cc(C#Cc3cn(C)nc3C(F)(F)F)ccc21. The van der Waals surface area contributed by atoms with Crippen LogP contribution in [0.5, 0.6) is 5.75 Å². The van der Waals surface area contributed by atoms with Gasteiger partial charge in [-0.15, -0.1) is 0 Å². The molecule has 2 aromatic carbocycles. The summed E-state index contributed by atoms with van der Waals surface area (Å²) in [4.78, 5) is 19.2. The Hall–Kier alpha value is -5.12. The molecule has 1 aliphatic rings. The van der Waals surface area contributed by atoms with Crippen molar-refractivity contribution in [2.45, 2.75) is 12.2 Å². The second-order valence-corrected chi connectivity index (χ2v) is 9.68. The van der Waals surface area contributed by atoms with Gasteiger partial charge in [-0.2, -0.15) is 23.4 Å². The van der Waals surface area contributed by atoms with Crippen LogP contribution < -0.4 is 10.5 Å². The van der Waals surface area contributed by atoms with Crippen molar-refractivity contribution < 1.29 is 27.1 Å². The Morgan fingerprint density at radius 1 is 1.17 bits per heavy atom. The second kappa shape index (κ2) is 9.22. The van der Waals surface area contributed by atoms with Gasteiger partial charge in [0.15, 0.2) is 5.69 Å². The quantitative estimate of drug-likeness (QED) is 0.255. The Labute approximate surface area is 230 Å². The summed E-state index contributed by atoms with van der Waals surface area (Å²) < 4.78 is 63.3. The van der Waals surface area contributed by atoms with E-state index in [0.29, 0.717) is 38.7 Å². The van der Waals surface area contributed by atoms with Gasteiger partial charge in [0.1, 0.15) is 24.0 Å². The zero-order valence-electron chi connectivity index (χ0n) is 21.9. The van der Waals surface area contributed by atoms with Crippen molar-refractivity contribution in [2.75, 3.05) is 19.4 Å². The van der Waals surface area contributed by atoms with Gasteiger partial charge in [0.25, 0.3) is 5.91 Å². The number of benzene rings is 2. The number of halogens is 4. The van der Waals surface area contributed by atoms with Gasteiger partial charge in [-0.25, -0.2) is 9.37 Å². The third kappa shape index (κ3) is 4.37. The standard InChI is InChI=1S/C28H21F4N7O2/c1-37-12-15(25(36-37)28(30,31)32)6-4-14-5-7-16-22(13-41-23(16)8-14)38(2)27(40)17-9-18-21(10-20(17)29)35-26(33)19-11-34-39(3)24(18)19/h5,7-12,22H,13H2,1-3H3,(H2,33,35). The molecule has 3 aromatic heterocycles. The highest BCUT2D eigenvalue weighted by Crippen LogP contribution is 2.38. The number of pyridine rings is 1. The molecule has 0 aliphatic carbocycles. The molecule has 2 N–H and O–H groups in total. The largest absolute Gasteiger partial charge is 0.491 e. The lowest BCUT2D eigenvalue weighted by Gasteiger charge is -2.24. The fraction of sp³-hybridized carbons (Fsp3) is 0.214. The first-order valence-corrected chi connectivity index (χ1v) is 12.3. The number of ether oxygens (including phenoxy) is 1. The number of likely N-dealkylation sites (N-methyl/N-ethyl adjacent to an activating group) is 1. The first-order chi connectivity index (χ1) is 19.4. The average Bonchev–Trinajstić information content (AvgIpc) is 3.63. The van der Waals surface area contributed by atoms with Crippen molar-refractivity contribution in [1.29, 1.82) is 0 Å². The summed E-state index contributed by atoms with van der Waals surface area (Å²) >= 11 is 0. The fourth-order valence-electron chi connectivity index (χ4n) is 4.99. The Kier molecular flexibility index (Phi) is 5.88. The molecule has 41 heavy (non-hydrogen) atoms. The minimum absolute atomic E-state index is 0.106. The average molecular weight is 564 g/mol. The van der Waals surface area contributed by atoms with Crippen LogP contribution in [0.3, 0.4) is 0 Å². The number of nitrogens with zero attached hydrogens (tertiary/aromatic N) is 6. The minimum Gasteiger partial charge on any atom is -0.491 e. The van der Waals surface area contributed by atoms with Crippen LogP contribution in [-0.2, 0) is 20.3 Å². The van der Waals surface area contributed by atoms with Crippen molar-refractivity contribution >= 4 is 33.5 Å². The Morgan fingerprint density at radius 2 is 1.95 bits per heavy atom. The maximum absolute atomic E-state index is 15.2. The van der Waals surface area contributed by atoms with Gasteiger partial charge in [0.05, 0.1) is 39.8 Å². The highest BCUT2D eigenvalue weighted by atomic mass is 19.4. The number of aromatic nitrogens is 5. The third-order valence-corrected chi connectivity index (χ3v) is 7.02. The Bertz CT molecular complexity index is 1950. The number of carbonyl (C=O) groups is 1. The van der Waals surface area contributed by atoms with Gasteiger partial charge in [-0.3, -0.25) is 14.2 Å². The van der Waals surface area contributed by atoms with Crippen LogP contribution in [0.15, 0.2) is 42.7 Å².